The van der Waals surface area contributed by atoms with E-state index in [9.17, 15) is 24.6 Å². The smallest absolute Gasteiger partial charge is 0.412 e. The molecule has 0 aliphatic heterocycles. The van der Waals surface area contributed by atoms with Gasteiger partial charge in [-0.3, -0.25) is 14.5 Å². The third-order valence-electron chi connectivity index (χ3n) is 14.3. The highest BCUT2D eigenvalue weighted by atomic mass is 35.5. The number of phenolic OH excluding ortho intramolecular Hbond substituents is 1. The van der Waals surface area contributed by atoms with E-state index in [1.807, 2.05) is 54.6 Å². The van der Waals surface area contributed by atoms with Gasteiger partial charge in [0, 0.05) is 60.2 Å². The molecule has 6 rings (SSSR count). The fourth-order valence-corrected chi connectivity index (χ4v) is 10.8. The van der Waals surface area contributed by atoms with Gasteiger partial charge in [0.25, 0.3) is 0 Å². The fourth-order valence-electron chi connectivity index (χ4n) is 9.29. The van der Waals surface area contributed by atoms with Crippen LogP contribution in [0.15, 0.2) is 89.7 Å². The van der Waals surface area contributed by atoms with Gasteiger partial charge < -0.3 is 39.9 Å². The number of carbonyl (C=O) groups excluding carboxylic acids is 1. The van der Waals surface area contributed by atoms with E-state index in [4.69, 9.17) is 20.8 Å². The molecular formula is C55H74ClN5O7Si. The quantitative estimate of drug-likeness (QED) is 0.0336. The molecule has 1 aliphatic carbocycles. The molecule has 2 amide bonds. The van der Waals surface area contributed by atoms with Crippen LogP contribution in [0.5, 0.6) is 11.5 Å². The number of hydrogen-bond acceptors (Lipinski definition) is 8. The van der Waals surface area contributed by atoms with Crippen LogP contribution in [-0.4, -0.2) is 79.7 Å². The largest absolute Gasteiger partial charge is 0.506 e. The second-order valence-corrected chi connectivity index (χ2v) is 25.4. The fraction of sp³-hybridized carbons (Fsp3) is 0.473. The van der Waals surface area contributed by atoms with Gasteiger partial charge in [-0.25, -0.2) is 4.79 Å². The summed E-state index contributed by atoms with van der Waals surface area (Å²) in [7, 11) is 1.49. The number of benzene rings is 4. The molecule has 69 heavy (non-hydrogen) atoms. The third-order valence-corrected chi connectivity index (χ3v) is 19.1. The van der Waals surface area contributed by atoms with Gasteiger partial charge in [0.05, 0.1) is 35.1 Å². The van der Waals surface area contributed by atoms with Gasteiger partial charge in [-0.1, -0.05) is 107 Å². The zero-order chi connectivity index (χ0) is 49.9. The van der Waals surface area contributed by atoms with Crippen molar-refractivity contribution in [3.05, 3.63) is 117 Å². The number of carbonyl (C=O) groups is 2. The highest BCUT2D eigenvalue weighted by molar-refractivity contribution is 6.74. The van der Waals surface area contributed by atoms with Gasteiger partial charge >= 0.3 is 6.09 Å². The standard InChI is InChI=1S/C55H74ClN5O7Si/c1-9-10-11-15-31-60(5)40-22-24-41(25-23-40)61(54(65)66)47-32-37(21-26-42(47)38-18-13-12-14-19-38)17-16-20-51(63)58-46-34-49(67-6)39(33-45(46)56)35-57-36-50(68-69(7,8)55(2,3)4)43-27-29-48(62)53-44(43)28-30-52(64)59-53/h12-14,18-19,21,26-30,32-34,40-41,50,57,62H,9-11,15-17,20,22-25,31,35-36H2,1-8H3,(H,58,63)(H,59,64)(H,65,66)/t40-,41-,50-/m0/s1. The van der Waals surface area contributed by atoms with Crippen molar-refractivity contribution in [1.82, 2.24) is 15.2 Å². The summed E-state index contributed by atoms with van der Waals surface area (Å²) in [4.78, 5) is 45.7. The van der Waals surface area contributed by atoms with E-state index >= 15 is 0 Å². The molecule has 5 aromatic rings. The van der Waals surface area contributed by atoms with E-state index in [-0.39, 0.29) is 34.7 Å². The Hall–Kier alpha value is -5.18. The zero-order valence-electron chi connectivity index (χ0n) is 41.9. The molecule has 14 heteroatoms. The first kappa shape index (κ1) is 53.2. The van der Waals surface area contributed by atoms with Crippen LogP contribution in [0.4, 0.5) is 16.2 Å². The summed E-state index contributed by atoms with van der Waals surface area (Å²) in [5.41, 5.74) is 5.62. The number of nitrogens with zero attached hydrogens (tertiary/aromatic N) is 2. The lowest BCUT2D eigenvalue weighted by molar-refractivity contribution is -0.116. The monoisotopic (exact) mass is 980 g/mol. The normalized spacial score (nSPS) is 15.9. The first-order valence-corrected chi connectivity index (χ1v) is 28.0. The van der Waals surface area contributed by atoms with Crippen molar-refractivity contribution in [3.8, 4) is 22.6 Å². The molecule has 1 aliphatic rings. The highest BCUT2D eigenvalue weighted by Crippen LogP contribution is 2.42. The SMILES string of the molecule is CCCCCCN(C)[C@H]1CC[C@H](N(C(=O)O)c2cc(CCCC(=O)Nc3cc(OC)c(CNC[C@H](O[Si](C)(C)C(C)(C)C)c4ccc(O)c5[nH]c(=O)ccc45)cc3Cl)ccc2-c2ccccc2)CC1. The first-order chi connectivity index (χ1) is 32.9. The maximum atomic E-state index is 13.5. The molecule has 1 aromatic heterocycles. The first-order valence-electron chi connectivity index (χ1n) is 24.7. The number of unbranched alkanes of at least 4 members (excludes halogenated alkanes) is 3. The number of hydrogen-bond donors (Lipinski definition) is 5. The number of anilines is 2. The van der Waals surface area contributed by atoms with Crippen LogP contribution >= 0.6 is 11.6 Å². The summed E-state index contributed by atoms with van der Waals surface area (Å²) in [6.45, 7) is 15.0. The molecule has 1 saturated carbocycles. The lowest BCUT2D eigenvalue weighted by Crippen LogP contribution is -2.45. The molecule has 372 valence electrons. The number of halogens is 1. The van der Waals surface area contributed by atoms with E-state index in [0.29, 0.717) is 65.0 Å². The maximum absolute atomic E-state index is 13.5. The summed E-state index contributed by atoms with van der Waals surface area (Å²) in [6.07, 6.45) is 8.44. The Labute approximate surface area is 414 Å². The van der Waals surface area contributed by atoms with E-state index in [2.05, 4.69) is 68.4 Å². The van der Waals surface area contributed by atoms with Crippen molar-refractivity contribution >= 4 is 54.2 Å². The van der Waals surface area contributed by atoms with E-state index in [1.54, 1.807) is 36.3 Å². The number of aromatic amines is 1. The molecular weight excluding hydrogens is 906 g/mol. The van der Waals surface area contributed by atoms with Gasteiger partial charge in [-0.05, 0) is 118 Å². The molecule has 1 heterocycles. The number of aromatic hydroxyl groups is 1. The molecule has 5 N–H and O–H groups in total. The molecule has 1 fully saturated rings. The highest BCUT2D eigenvalue weighted by Gasteiger charge is 2.40. The molecule has 4 aromatic carbocycles. The van der Waals surface area contributed by atoms with Crippen LogP contribution in [0.1, 0.15) is 115 Å². The van der Waals surface area contributed by atoms with E-state index < -0.39 is 20.5 Å². The Morgan fingerprint density at radius 2 is 1.65 bits per heavy atom. The summed E-state index contributed by atoms with van der Waals surface area (Å²) >= 11 is 6.83. The summed E-state index contributed by atoms with van der Waals surface area (Å²) < 4.78 is 12.8. The van der Waals surface area contributed by atoms with Crippen LogP contribution in [0.3, 0.4) is 0 Å². The minimum Gasteiger partial charge on any atom is -0.506 e. The summed E-state index contributed by atoms with van der Waals surface area (Å²) in [5, 5.41) is 28.9. The summed E-state index contributed by atoms with van der Waals surface area (Å²) in [6, 6.07) is 26.5. The Kier molecular flexibility index (Phi) is 18.6. The minimum atomic E-state index is -2.30. The average Bonchev–Trinajstić information content (AvgIpc) is 3.31. The third kappa shape index (κ3) is 13.8. The zero-order valence-corrected chi connectivity index (χ0v) is 43.7. The lowest BCUT2D eigenvalue weighted by atomic mass is 9.88. The predicted molar refractivity (Wildman–Crippen MR) is 284 cm³/mol. The van der Waals surface area contributed by atoms with Crippen LogP contribution in [0.2, 0.25) is 23.2 Å². The number of nitrogens with one attached hydrogen (secondary N) is 3. The number of pyridine rings is 1. The van der Waals surface area contributed by atoms with Crippen LogP contribution in [0.25, 0.3) is 22.0 Å². The molecule has 0 radical (unpaired) electrons. The number of fused-ring (bicyclic) bond motifs is 1. The van der Waals surface area contributed by atoms with Gasteiger partial charge in [0.2, 0.25) is 11.5 Å². The topological polar surface area (TPSA) is 156 Å². The molecule has 0 bridgehead atoms. The number of phenols is 1. The minimum absolute atomic E-state index is 0.0106. The Balaban J connectivity index is 1.11. The van der Waals surface area contributed by atoms with Crippen molar-refractivity contribution in [3.63, 3.8) is 0 Å². The number of rotatable bonds is 22. The van der Waals surface area contributed by atoms with Crippen LogP contribution in [-0.2, 0) is 22.2 Å². The Bertz CT molecular complexity index is 2570. The molecule has 0 spiro atoms. The number of aryl methyl sites for hydroxylation is 1. The molecule has 1 atom stereocenters. The predicted octanol–water partition coefficient (Wildman–Crippen LogP) is 12.7. The number of methoxy groups -OCH3 is 1. The van der Waals surface area contributed by atoms with E-state index in [0.717, 1.165) is 60.0 Å². The van der Waals surface area contributed by atoms with Crippen molar-refractivity contribution in [2.75, 3.05) is 37.5 Å². The average molecular weight is 981 g/mol. The van der Waals surface area contributed by atoms with Crippen molar-refractivity contribution in [1.29, 1.82) is 0 Å². The number of aromatic nitrogens is 1. The van der Waals surface area contributed by atoms with Crippen molar-refractivity contribution < 1.29 is 29.0 Å². The number of H-pyrrole nitrogens is 1. The van der Waals surface area contributed by atoms with Crippen molar-refractivity contribution in [2.24, 2.45) is 0 Å². The van der Waals surface area contributed by atoms with Gasteiger partial charge in [0.1, 0.15) is 11.5 Å². The van der Waals surface area contributed by atoms with Gasteiger partial charge in [-0.15, -0.1) is 0 Å². The lowest BCUT2D eigenvalue weighted by Gasteiger charge is -2.39. The Morgan fingerprint density at radius 1 is 0.928 bits per heavy atom. The Morgan fingerprint density at radius 3 is 2.33 bits per heavy atom. The number of carboxylic acid groups (broad SMARTS) is 1. The van der Waals surface area contributed by atoms with Crippen LogP contribution < -0.4 is 25.8 Å². The van der Waals surface area contributed by atoms with E-state index in [1.165, 1.54) is 31.7 Å². The molecule has 0 unspecified atom stereocenters. The van der Waals surface area contributed by atoms with Gasteiger partial charge in [-0.2, -0.15) is 0 Å². The second kappa shape index (κ2) is 24.1. The summed E-state index contributed by atoms with van der Waals surface area (Å²) in [5.74, 6) is 0.343. The van der Waals surface area contributed by atoms with Crippen LogP contribution in [0, 0.1) is 0 Å². The number of amides is 2. The van der Waals surface area contributed by atoms with Crippen molar-refractivity contribution in [2.45, 2.75) is 141 Å². The molecule has 12 nitrogen and oxygen atoms in total. The second-order valence-electron chi connectivity index (χ2n) is 20.2. The number of ether oxygens (including phenoxy) is 1. The maximum Gasteiger partial charge on any atom is 0.412 e. The molecule has 0 saturated heterocycles. The van der Waals surface area contributed by atoms with Gasteiger partial charge in [0.15, 0.2) is 8.32 Å².